The number of hydrogen-bond donors (Lipinski definition) is 0. The van der Waals surface area contributed by atoms with E-state index in [1.54, 1.807) is 35.2 Å². The topological polar surface area (TPSA) is 81.9 Å². The van der Waals surface area contributed by atoms with Gasteiger partial charge in [0, 0.05) is 17.6 Å². The van der Waals surface area contributed by atoms with E-state index < -0.39 is 11.0 Å². The molecule has 0 saturated carbocycles. The van der Waals surface area contributed by atoms with Crippen molar-refractivity contribution in [2.24, 2.45) is 5.92 Å². The third-order valence-electron chi connectivity index (χ3n) is 4.42. The molecule has 1 amide bonds. The number of rotatable bonds is 7. The molecule has 1 aliphatic rings. The number of benzene rings is 2. The maximum Gasteiger partial charge on any atom is 0.273 e. The smallest absolute Gasteiger partial charge is 0.273 e. The first-order valence-electron chi connectivity index (χ1n) is 9.01. The lowest BCUT2D eigenvalue weighted by atomic mass is 10.0. The number of nitro benzene ring substituents is 1. The minimum Gasteiger partial charge on any atom is -0.494 e. The number of anilines is 1. The lowest BCUT2D eigenvalue weighted by Gasteiger charge is -2.35. The molecule has 28 heavy (non-hydrogen) atoms. The number of amides is 1. The molecule has 0 bridgehead atoms. The van der Waals surface area contributed by atoms with Crippen LogP contribution >= 0.6 is 11.6 Å². The van der Waals surface area contributed by atoms with Crippen LogP contribution in [-0.4, -0.2) is 30.1 Å². The number of non-ortho nitro benzene ring substituents is 1. The van der Waals surface area contributed by atoms with E-state index in [9.17, 15) is 14.9 Å². The highest BCUT2D eigenvalue weighted by molar-refractivity contribution is 6.30. The van der Waals surface area contributed by atoms with Crippen LogP contribution in [0.4, 0.5) is 11.4 Å². The molecule has 1 heterocycles. The molecule has 1 aliphatic heterocycles. The molecule has 0 spiro atoms. The van der Waals surface area contributed by atoms with Crippen LogP contribution in [-0.2, 0) is 4.79 Å². The minimum atomic E-state index is -0.674. The van der Waals surface area contributed by atoms with Gasteiger partial charge < -0.3 is 14.4 Å². The van der Waals surface area contributed by atoms with Gasteiger partial charge in [-0.15, -0.1) is 0 Å². The normalized spacial score (nSPS) is 15.9. The molecular formula is C20H21ClN2O5. The van der Waals surface area contributed by atoms with Crippen LogP contribution in [0, 0.1) is 16.0 Å². The summed E-state index contributed by atoms with van der Waals surface area (Å²) in [5, 5.41) is 11.7. The molecule has 0 saturated heterocycles. The zero-order valence-corrected chi connectivity index (χ0v) is 16.4. The van der Waals surface area contributed by atoms with Gasteiger partial charge in [0.25, 0.3) is 11.6 Å². The van der Waals surface area contributed by atoms with Gasteiger partial charge in [0.15, 0.2) is 11.9 Å². The fourth-order valence-electron chi connectivity index (χ4n) is 2.99. The number of fused-ring (bicyclic) bond motifs is 1. The quantitative estimate of drug-likeness (QED) is 0.386. The SMILES string of the molecule is CC(C)C1Oc2cc([N+](=O)[O-])ccc2N(CCCOc2ccc(Cl)cc2)C1=O. The summed E-state index contributed by atoms with van der Waals surface area (Å²) in [7, 11) is 0. The largest absolute Gasteiger partial charge is 0.494 e. The summed E-state index contributed by atoms with van der Waals surface area (Å²) < 4.78 is 11.5. The highest BCUT2D eigenvalue weighted by Gasteiger charge is 2.36. The Kier molecular flexibility index (Phi) is 6.04. The fraction of sp³-hybridized carbons (Fsp3) is 0.350. The minimum absolute atomic E-state index is 0.0623. The van der Waals surface area contributed by atoms with Crippen LogP contribution in [0.1, 0.15) is 20.3 Å². The van der Waals surface area contributed by atoms with E-state index in [0.717, 1.165) is 0 Å². The van der Waals surface area contributed by atoms with Crippen molar-refractivity contribution in [3.8, 4) is 11.5 Å². The maximum atomic E-state index is 12.9. The molecule has 0 N–H and O–H groups in total. The van der Waals surface area contributed by atoms with E-state index in [2.05, 4.69) is 0 Å². The highest BCUT2D eigenvalue weighted by atomic mass is 35.5. The van der Waals surface area contributed by atoms with Crippen LogP contribution in [0.3, 0.4) is 0 Å². The van der Waals surface area contributed by atoms with Gasteiger partial charge in [0.2, 0.25) is 0 Å². The first-order chi connectivity index (χ1) is 13.4. The van der Waals surface area contributed by atoms with Crippen molar-refractivity contribution in [3.63, 3.8) is 0 Å². The Morgan fingerprint density at radius 1 is 1.25 bits per heavy atom. The predicted molar refractivity (Wildman–Crippen MR) is 106 cm³/mol. The molecule has 1 atom stereocenters. The fourth-order valence-corrected chi connectivity index (χ4v) is 3.11. The molecule has 0 aliphatic carbocycles. The van der Waals surface area contributed by atoms with Crippen molar-refractivity contribution < 1.29 is 19.2 Å². The molecule has 148 valence electrons. The molecule has 7 nitrogen and oxygen atoms in total. The summed E-state index contributed by atoms with van der Waals surface area (Å²) in [6.45, 7) is 4.60. The standard InChI is InChI=1S/C20H21ClN2O5/c1-13(2)19-20(24)22(10-3-11-27-16-7-4-14(21)5-8-16)17-9-6-15(23(25)26)12-18(17)28-19/h4-9,12-13,19H,3,10-11H2,1-2H3. The molecule has 8 heteroatoms. The number of carbonyl (C=O) groups excluding carboxylic acids is 1. The van der Waals surface area contributed by atoms with Crippen molar-refractivity contribution in [1.29, 1.82) is 0 Å². The number of nitrogens with zero attached hydrogens (tertiary/aromatic N) is 2. The Morgan fingerprint density at radius 2 is 1.96 bits per heavy atom. The zero-order chi connectivity index (χ0) is 20.3. The van der Waals surface area contributed by atoms with E-state index in [4.69, 9.17) is 21.1 Å². The second kappa shape index (κ2) is 8.48. The zero-order valence-electron chi connectivity index (χ0n) is 15.6. The number of halogens is 1. The lowest BCUT2D eigenvalue weighted by Crippen LogP contribution is -2.48. The van der Waals surface area contributed by atoms with Gasteiger partial charge in [-0.1, -0.05) is 25.4 Å². The van der Waals surface area contributed by atoms with Gasteiger partial charge in [0.1, 0.15) is 5.75 Å². The molecule has 1 unspecified atom stereocenters. The van der Waals surface area contributed by atoms with Crippen molar-refractivity contribution in [2.45, 2.75) is 26.4 Å². The molecule has 2 aromatic rings. The lowest BCUT2D eigenvalue weighted by molar-refractivity contribution is -0.384. The Bertz CT molecular complexity index is 869. The molecule has 0 aromatic heterocycles. The van der Waals surface area contributed by atoms with Gasteiger partial charge in [-0.3, -0.25) is 14.9 Å². The Morgan fingerprint density at radius 3 is 2.61 bits per heavy atom. The van der Waals surface area contributed by atoms with Crippen molar-refractivity contribution in [3.05, 3.63) is 57.6 Å². The van der Waals surface area contributed by atoms with Crippen molar-refractivity contribution >= 4 is 28.9 Å². The predicted octanol–water partition coefficient (Wildman–Crippen LogP) is 4.47. The average molecular weight is 405 g/mol. The summed E-state index contributed by atoms with van der Waals surface area (Å²) >= 11 is 5.85. The molecular weight excluding hydrogens is 384 g/mol. The summed E-state index contributed by atoms with van der Waals surface area (Å²) in [5.41, 5.74) is 0.473. The van der Waals surface area contributed by atoms with Gasteiger partial charge in [-0.05, 0) is 42.7 Å². The Hall–Kier alpha value is -2.80. The van der Waals surface area contributed by atoms with E-state index >= 15 is 0 Å². The van der Waals surface area contributed by atoms with Crippen LogP contribution in [0.2, 0.25) is 5.02 Å². The van der Waals surface area contributed by atoms with E-state index in [0.29, 0.717) is 41.8 Å². The third kappa shape index (κ3) is 4.36. The summed E-state index contributed by atoms with van der Waals surface area (Å²) in [5.74, 6) is 0.843. The van der Waals surface area contributed by atoms with Gasteiger partial charge in [-0.25, -0.2) is 0 Å². The molecule has 2 aromatic carbocycles. The Balaban J connectivity index is 1.72. The molecule has 3 rings (SSSR count). The second-order valence-electron chi connectivity index (χ2n) is 6.84. The summed E-state index contributed by atoms with van der Waals surface area (Å²) in [6, 6.07) is 11.4. The first kappa shape index (κ1) is 19.9. The van der Waals surface area contributed by atoms with E-state index in [1.165, 1.54) is 12.1 Å². The van der Waals surface area contributed by atoms with E-state index in [1.807, 2.05) is 13.8 Å². The van der Waals surface area contributed by atoms with Crippen LogP contribution < -0.4 is 14.4 Å². The van der Waals surface area contributed by atoms with Crippen LogP contribution in [0.25, 0.3) is 0 Å². The van der Waals surface area contributed by atoms with E-state index in [-0.39, 0.29) is 17.5 Å². The van der Waals surface area contributed by atoms with Gasteiger partial charge >= 0.3 is 0 Å². The second-order valence-corrected chi connectivity index (χ2v) is 7.27. The first-order valence-corrected chi connectivity index (χ1v) is 9.39. The number of hydrogen-bond acceptors (Lipinski definition) is 5. The van der Waals surface area contributed by atoms with Gasteiger partial charge in [-0.2, -0.15) is 0 Å². The number of carbonyl (C=O) groups is 1. The van der Waals surface area contributed by atoms with Crippen LogP contribution in [0.5, 0.6) is 11.5 Å². The Labute approximate surface area is 168 Å². The third-order valence-corrected chi connectivity index (χ3v) is 4.67. The van der Waals surface area contributed by atoms with Crippen LogP contribution in [0.15, 0.2) is 42.5 Å². The maximum absolute atomic E-state index is 12.9. The molecule has 0 fully saturated rings. The monoisotopic (exact) mass is 404 g/mol. The summed E-state index contributed by atoms with van der Waals surface area (Å²) in [6.07, 6.45) is -0.0815. The highest BCUT2D eigenvalue weighted by Crippen LogP contribution is 2.38. The molecule has 0 radical (unpaired) electrons. The average Bonchev–Trinajstić information content (AvgIpc) is 2.67. The number of ether oxygens (including phenoxy) is 2. The van der Waals surface area contributed by atoms with Crippen molar-refractivity contribution in [2.75, 3.05) is 18.1 Å². The van der Waals surface area contributed by atoms with Gasteiger partial charge in [0.05, 0.1) is 23.3 Å². The van der Waals surface area contributed by atoms with Crippen molar-refractivity contribution in [1.82, 2.24) is 0 Å². The summed E-state index contributed by atoms with van der Waals surface area (Å²) in [4.78, 5) is 25.1. The number of nitro groups is 1.